The first-order valence-corrected chi connectivity index (χ1v) is 11.3. The molecule has 2 aliphatic heterocycles. The van der Waals surface area contributed by atoms with Crippen molar-refractivity contribution in [1.82, 2.24) is 9.88 Å². The number of aromatic nitrogens is 1. The molecular formula is C27H19N3O6. The molecule has 1 aromatic heterocycles. The highest BCUT2D eigenvalue weighted by atomic mass is 16.4. The fourth-order valence-corrected chi connectivity index (χ4v) is 5.22. The smallest absolute Gasteiger partial charge is 0.335 e. The quantitative estimate of drug-likeness (QED) is 0.377. The molecule has 0 saturated carbocycles. The number of nitrogens with zero attached hydrogens (tertiary/aromatic N) is 2. The van der Waals surface area contributed by atoms with Crippen LogP contribution in [0.25, 0.3) is 10.9 Å². The number of carbonyl (C=O) groups is 4. The second-order valence-electron chi connectivity index (χ2n) is 8.83. The average molecular weight is 481 g/mol. The number of hydrogen-bond donors (Lipinski definition) is 3. The Balaban J connectivity index is 1.49. The molecule has 4 aromatic rings. The topological polar surface area (TPSA) is 131 Å². The summed E-state index contributed by atoms with van der Waals surface area (Å²) < 4.78 is 0. The van der Waals surface area contributed by atoms with Crippen molar-refractivity contribution in [2.75, 3.05) is 4.90 Å². The molecule has 3 aromatic carbocycles. The molecule has 1 fully saturated rings. The Morgan fingerprint density at radius 2 is 1.44 bits per heavy atom. The zero-order valence-corrected chi connectivity index (χ0v) is 18.7. The largest absolute Gasteiger partial charge is 0.478 e. The number of carboxylic acids is 2. The number of hydrogen-bond acceptors (Lipinski definition) is 4. The lowest BCUT2D eigenvalue weighted by atomic mass is 9.88. The Morgan fingerprint density at radius 3 is 2.08 bits per heavy atom. The summed E-state index contributed by atoms with van der Waals surface area (Å²) in [4.78, 5) is 56.0. The normalized spacial score (nSPS) is 18.9. The van der Waals surface area contributed by atoms with E-state index in [0.29, 0.717) is 12.0 Å². The van der Waals surface area contributed by atoms with E-state index in [9.17, 15) is 29.4 Å². The number of aromatic carboxylic acids is 2. The third kappa shape index (κ3) is 3.09. The van der Waals surface area contributed by atoms with Crippen molar-refractivity contribution >= 4 is 40.5 Å². The van der Waals surface area contributed by atoms with Crippen molar-refractivity contribution in [2.45, 2.75) is 18.5 Å². The first-order chi connectivity index (χ1) is 17.3. The van der Waals surface area contributed by atoms with Gasteiger partial charge in [0.05, 0.1) is 16.8 Å². The number of H-pyrrole nitrogens is 1. The summed E-state index contributed by atoms with van der Waals surface area (Å²) in [5, 5.41) is 19.5. The first-order valence-electron chi connectivity index (χ1n) is 11.3. The molecule has 9 nitrogen and oxygen atoms in total. The van der Waals surface area contributed by atoms with Crippen LogP contribution in [0.4, 0.5) is 10.5 Å². The maximum Gasteiger partial charge on any atom is 0.335 e. The van der Waals surface area contributed by atoms with Gasteiger partial charge in [0.15, 0.2) is 0 Å². The van der Waals surface area contributed by atoms with Crippen LogP contribution in [0.3, 0.4) is 0 Å². The van der Waals surface area contributed by atoms with E-state index in [4.69, 9.17) is 0 Å². The number of aromatic amines is 1. The van der Waals surface area contributed by atoms with Gasteiger partial charge in [-0.15, -0.1) is 0 Å². The fourth-order valence-electron chi connectivity index (χ4n) is 5.22. The van der Waals surface area contributed by atoms with Crippen molar-refractivity contribution in [3.63, 3.8) is 0 Å². The second-order valence-corrected chi connectivity index (χ2v) is 8.83. The Bertz CT molecular complexity index is 1570. The minimum atomic E-state index is -1.10. The Labute approximate surface area is 204 Å². The summed E-state index contributed by atoms with van der Waals surface area (Å²) in [6.07, 6.45) is 0.317. The van der Waals surface area contributed by atoms with Crippen molar-refractivity contribution < 1.29 is 29.4 Å². The van der Waals surface area contributed by atoms with Crippen LogP contribution < -0.4 is 4.90 Å². The van der Waals surface area contributed by atoms with Crippen molar-refractivity contribution in [1.29, 1.82) is 0 Å². The fraction of sp³-hybridized carbons (Fsp3) is 0.111. The summed E-state index contributed by atoms with van der Waals surface area (Å²) >= 11 is 0. The van der Waals surface area contributed by atoms with E-state index in [2.05, 4.69) is 4.98 Å². The second kappa shape index (κ2) is 7.81. The molecule has 9 heteroatoms. The number of nitrogens with one attached hydrogen (secondary N) is 1. The van der Waals surface area contributed by atoms with E-state index in [-0.39, 0.29) is 16.8 Å². The molecule has 2 aliphatic rings. The van der Waals surface area contributed by atoms with Gasteiger partial charge in [-0.25, -0.2) is 19.3 Å². The molecular weight excluding hydrogens is 462 g/mol. The Morgan fingerprint density at radius 1 is 0.833 bits per heavy atom. The van der Waals surface area contributed by atoms with Crippen LogP contribution in [0.5, 0.6) is 0 Å². The van der Waals surface area contributed by atoms with Gasteiger partial charge in [0.1, 0.15) is 12.1 Å². The van der Waals surface area contributed by atoms with Gasteiger partial charge in [-0.1, -0.05) is 30.3 Å². The number of para-hydroxylation sites is 1. The molecule has 3 N–H and O–H groups in total. The van der Waals surface area contributed by atoms with Gasteiger partial charge in [-0.2, -0.15) is 0 Å². The van der Waals surface area contributed by atoms with E-state index >= 15 is 0 Å². The number of benzene rings is 3. The molecule has 2 atom stereocenters. The lowest BCUT2D eigenvalue weighted by Crippen LogP contribution is -2.44. The van der Waals surface area contributed by atoms with Crippen LogP contribution in [-0.4, -0.2) is 50.0 Å². The van der Waals surface area contributed by atoms with Gasteiger partial charge in [0, 0.05) is 23.0 Å². The summed E-state index contributed by atoms with van der Waals surface area (Å²) in [6, 6.07) is 17.7. The van der Waals surface area contributed by atoms with Gasteiger partial charge >= 0.3 is 18.0 Å². The minimum absolute atomic E-state index is 0.0495. The van der Waals surface area contributed by atoms with E-state index in [1.54, 1.807) is 12.1 Å². The summed E-state index contributed by atoms with van der Waals surface area (Å²) in [7, 11) is 0. The Kier molecular flexibility index (Phi) is 4.68. The Hall–Kier alpha value is -4.92. The maximum absolute atomic E-state index is 13.8. The molecule has 178 valence electrons. The lowest BCUT2D eigenvalue weighted by molar-refractivity contribution is -0.120. The minimum Gasteiger partial charge on any atom is -0.478 e. The van der Waals surface area contributed by atoms with Crippen LogP contribution in [0.1, 0.15) is 43.6 Å². The third-order valence-electron chi connectivity index (χ3n) is 6.89. The number of fused-ring (bicyclic) bond motifs is 4. The molecule has 36 heavy (non-hydrogen) atoms. The highest BCUT2D eigenvalue weighted by molar-refractivity contribution is 6.22. The van der Waals surface area contributed by atoms with E-state index < -0.39 is 36.0 Å². The van der Waals surface area contributed by atoms with Gasteiger partial charge < -0.3 is 15.2 Å². The monoisotopic (exact) mass is 481 g/mol. The summed E-state index contributed by atoms with van der Waals surface area (Å²) in [5.41, 5.74) is 3.72. The number of carbonyl (C=O) groups excluding carboxylic acids is 2. The third-order valence-corrected chi connectivity index (χ3v) is 6.89. The van der Waals surface area contributed by atoms with Gasteiger partial charge in [-0.05, 0) is 53.6 Å². The van der Waals surface area contributed by atoms with Crippen LogP contribution in [-0.2, 0) is 11.2 Å². The number of anilines is 1. The molecule has 3 heterocycles. The molecule has 0 aliphatic carbocycles. The summed E-state index contributed by atoms with van der Waals surface area (Å²) in [6.45, 7) is 0. The van der Waals surface area contributed by atoms with Gasteiger partial charge in [0.2, 0.25) is 0 Å². The molecule has 0 spiro atoms. The van der Waals surface area contributed by atoms with Crippen molar-refractivity contribution in [2.24, 2.45) is 0 Å². The molecule has 1 saturated heterocycles. The zero-order valence-electron chi connectivity index (χ0n) is 18.7. The highest BCUT2D eigenvalue weighted by Crippen LogP contribution is 2.44. The molecule has 0 radical (unpaired) electrons. The number of imide groups is 1. The van der Waals surface area contributed by atoms with Gasteiger partial charge in [-0.3, -0.25) is 9.69 Å². The number of carboxylic acid groups (broad SMARTS) is 2. The average Bonchev–Trinajstić information content (AvgIpc) is 3.37. The standard InChI is InChI=1S/C27H19N3O6/c31-24-21-13-19-18-3-1-2-4-20(18)28-22(19)23(14-5-7-15(8-6-14)25(32)33)30(21)27(36)29(24)17-11-9-16(10-12-17)26(34)35/h1-12,21,23,28H,13H2,(H,32,33)(H,34,35)/t21-,23+/m0/s1. The number of rotatable bonds is 4. The SMILES string of the molecule is O=C(O)c1ccc([C@@H]2c3[nH]c4ccccc4c3C[C@H]3C(=O)N(c4ccc(C(=O)O)cc4)C(=O)N23)cc1. The van der Waals surface area contributed by atoms with Crippen LogP contribution >= 0.6 is 0 Å². The zero-order chi connectivity index (χ0) is 25.1. The van der Waals surface area contributed by atoms with Crippen LogP contribution in [0.2, 0.25) is 0 Å². The van der Waals surface area contributed by atoms with Crippen molar-refractivity contribution in [3.8, 4) is 0 Å². The maximum atomic E-state index is 13.8. The van der Waals surface area contributed by atoms with Crippen LogP contribution in [0.15, 0.2) is 72.8 Å². The van der Waals surface area contributed by atoms with Gasteiger partial charge in [0.25, 0.3) is 5.91 Å². The highest BCUT2D eigenvalue weighted by Gasteiger charge is 2.53. The molecule has 3 amide bonds. The lowest BCUT2D eigenvalue weighted by Gasteiger charge is -2.36. The predicted octanol–water partition coefficient (Wildman–Crippen LogP) is 4.05. The first kappa shape index (κ1) is 21.6. The molecule has 0 bridgehead atoms. The summed E-state index contributed by atoms with van der Waals surface area (Å²) in [5.74, 6) is -2.56. The number of amides is 3. The predicted molar refractivity (Wildman–Crippen MR) is 129 cm³/mol. The number of urea groups is 1. The van der Waals surface area contributed by atoms with E-state index in [0.717, 1.165) is 27.1 Å². The molecule has 0 unspecified atom stereocenters. The molecule has 6 rings (SSSR count). The van der Waals surface area contributed by atoms with Crippen LogP contribution in [0, 0.1) is 0 Å². The van der Waals surface area contributed by atoms with E-state index in [1.165, 1.54) is 41.3 Å². The van der Waals surface area contributed by atoms with Crippen molar-refractivity contribution in [3.05, 3.63) is 101 Å². The van der Waals surface area contributed by atoms with E-state index in [1.807, 2.05) is 24.3 Å².